The topological polar surface area (TPSA) is 96.5 Å². The number of aromatic nitrogens is 4. The van der Waals surface area contributed by atoms with Gasteiger partial charge in [-0.3, -0.25) is 9.89 Å². The van der Waals surface area contributed by atoms with E-state index in [4.69, 9.17) is 9.47 Å². The Bertz CT molecular complexity index is 830. The minimum absolute atomic E-state index is 0.0197. The Morgan fingerprint density at radius 2 is 2.04 bits per heavy atom. The molecule has 9 nitrogen and oxygen atoms in total. The molecule has 0 saturated carbocycles. The van der Waals surface area contributed by atoms with Crippen LogP contribution < -0.4 is 9.64 Å². The van der Waals surface area contributed by atoms with Gasteiger partial charge in [0.05, 0.1) is 25.0 Å². The molecule has 0 aliphatic carbocycles. The van der Waals surface area contributed by atoms with Crippen molar-refractivity contribution in [2.45, 2.75) is 32.5 Å². The van der Waals surface area contributed by atoms with Crippen LogP contribution in [0.5, 0.6) is 5.88 Å². The van der Waals surface area contributed by atoms with Gasteiger partial charge in [-0.15, -0.1) is 0 Å². The van der Waals surface area contributed by atoms with Crippen LogP contribution in [0.1, 0.15) is 41.7 Å². The second-order valence-corrected chi connectivity index (χ2v) is 6.96. The molecule has 2 aromatic heterocycles. The summed E-state index contributed by atoms with van der Waals surface area (Å²) in [4.78, 5) is 25.4. The van der Waals surface area contributed by atoms with E-state index in [0.29, 0.717) is 44.2 Å². The third-order valence-corrected chi connectivity index (χ3v) is 5.16. The summed E-state index contributed by atoms with van der Waals surface area (Å²) in [7, 11) is 1.58. The molecule has 1 N–H and O–H groups in total. The minimum atomic E-state index is -0.0672. The number of anilines is 1. The average molecular weight is 372 g/mol. The molecule has 2 aromatic rings. The van der Waals surface area contributed by atoms with Gasteiger partial charge in [-0.2, -0.15) is 5.10 Å². The molecule has 4 heterocycles. The molecule has 0 bridgehead atoms. The number of hydrogen-bond acceptors (Lipinski definition) is 7. The number of H-pyrrole nitrogens is 1. The van der Waals surface area contributed by atoms with Gasteiger partial charge in [0, 0.05) is 44.2 Å². The summed E-state index contributed by atoms with van der Waals surface area (Å²) in [6.07, 6.45) is 2.22. The molecular weight excluding hydrogens is 348 g/mol. The van der Waals surface area contributed by atoms with Crippen molar-refractivity contribution in [3.05, 3.63) is 29.3 Å². The number of nitrogens with zero attached hydrogens (tertiary/aromatic N) is 5. The van der Waals surface area contributed by atoms with Crippen LogP contribution in [0.15, 0.2) is 12.4 Å². The molecule has 1 fully saturated rings. The highest BCUT2D eigenvalue weighted by Gasteiger charge is 2.32. The molecule has 0 spiro atoms. The number of piperazine rings is 1. The molecule has 0 unspecified atom stereocenters. The van der Waals surface area contributed by atoms with Crippen molar-refractivity contribution >= 4 is 11.7 Å². The van der Waals surface area contributed by atoms with Crippen LogP contribution in [0, 0.1) is 0 Å². The van der Waals surface area contributed by atoms with E-state index in [2.05, 4.69) is 25.1 Å². The molecule has 2 atom stereocenters. The first-order valence-electron chi connectivity index (χ1n) is 9.19. The Kier molecular flexibility index (Phi) is 4.69. The summed E-state index contributed by atoms with van der Waals surface area (Å²) in [5.41, 5.74) is 2.45. The first-order valence-corrected chi connectivity index (χ1v) is 9.19. The average Bonchev–Trinajstić information content (AvgIpc) is 3.11. The molecule has 27 heavy (non-hydrogen) atoms. The summed E-state index contributed by atoms with van der Waals surface area (Å²) in [5.74, 6) is 1.33. The summed E-state index contributed by atoms with van der Waals surface area (Å²) >= 11 is 0. The van der Waals surface area contributed by atoms with Gasteiger partial charge in [-0.25, -0.2) is 9.97 Å². The number of ether oxygens (including phenoxy) is 2. The van der Waals surface area contributed by atoms with E-state index in [1.54, 1.807) is 7.11 Å². The van der Waals surface area contributed by atoms with Crippen molar-refractivity contribution in [1.29, 1.82) is 0 Å². The molecule has 1 saturated heterocycles. The Hall–Kier alpha value is -2.68. The highest BCUT2D eigenvalue weighted by Crippen LogP contribution is 2.30. The zero-order valence-corrected chi connectivity index (χ0v) is 15.8. The van der Waals surface area contributed by atoms with Crippen LogP contribution in [-0.4, -0.2) is 70.4 Å². The van der Waals surface area contributed by atoms with Crippen molar-refractivity contribution in [2.24, 2.45) is 0 Å². The third kappa shape index (κ3) is 3.34. The van der Waals surface area contributed by atoms with Crippen LogP contribution in [0.25, 0.3) is 0 Å². The van der Waals surface area contributed by atoms with E-state index in [0.717, 1.165) is 17.1 Å². The zero-order valence-electron chi connectivity index (χ0n) is 15.8. The van der Waals surface area contributed by atoms with Crippen molar-refractivity contribution in [3.63, 3.8) is 0 Å². The number of hydrogen-bond donors (Lipinski definition) is 1. The maximum Gasteiger partial charge on any atom is 0.274 e. The fourth-order valence-corrected chi connectivity index (χ4v) is 3.75. The molecule has 0 radical (unpaired) electrons. The Morgan fingerprint density at radius 3 is 2.78 bits per heavy atom. The SMILES string of the molecule is COc1cc(N2CCN(C(=O)c3n[nH]c4c3C[C@H](C)O[C@@H]4C)CC2)ncn1. The predicted molar refractivity (Wildman–Crippen MR) is 98.0 cm³/mol. The highest BCUT2D eigenvalue weighted by atomic mass is 16.5. The van der Waals surface area contributed by atoms with Crippen LogP contribution in [0.4, 0.5) is 5.82 Å². The van der Waals surface area contributed by atoms with E-state index in [1.807, 2.05) is 24.8 Å². The lowest BCUT2D eigenvalue weighted by molar-refractivity contribution is -0.00702. The zero-order chi connectivity index (χ0) is 19.0. The Balaban J connectivity index is 1.45. The fraction of sp³-hybridized carbons (Fsp3) is 0.556. The number of rotatable bonds is 3. The standard InChI is InChI=1S/C18H24N6O3/c1-11-8-13-16(12(2)27-11)21-22-17(13)18(25)24-6-4-23(5-7-24)14-9-15(26-3)20-10-19-14/h9-12H,4-8H2,1-3H3,(H,21,22)/t11-,12+/m0/s1. The van der Waals surface area contributed by atoms with Gasteiger partial charge in [-0.1, -0.05) is 0 Å². The summed E-state index contributed by atoms with van der Waals surface area (Å²) in [6.45, 7) is 6.65. The van der Waals surface area contributed by atoms with Gasteiger partial charge >= 0.3 is 0 Å². The summed E-state index contributed by atoms with van der Waals surface area (Å²) < 4.78 is 11.0. The van der Waals surface area contributed by atoms with E-state index in [1.165, 1.54) is 6.33 Å². The maximum atomic E-state index is 13.0. The normalized spacial score (nSPS) is 22.5. The first kappa shape index (κ1) is 17.7. The summed E-state index contributed by atoms with van der Waals surface area (Å²) in [5, 5.41) is 7.31. The summed E-state index contributed by atoms with van der Waals surface area (Å²) in [6, 6.07) is 1.81. The monoisotopic (exact) mass is 372 g/mol. The number of aromatic amines is 1. The molecule has 144 valence electrons. The lowest BCUT2D eigenvalue weighted by atomic mass is 9.99. The third-order valence-electron chi connectivity index (χ3n) is 5.16. The number of methoxy groups -OCH3 is 1. The van der Waals surface area contributed by atoms with Crippen LogP contribution in [0.2, 0.25) is 0 Å². The number of nitrogens with one attached hydrogen (secondary N) is 1. The predicted octanol–water partition coefficient (Wildman–Crippen LogP) is 1.19. The molecule has 4 rings (SSSR count). The molecule has 2 aliphatic heterocycles. The smallest absolute Gasteiger partial charge is 0.274 e. The largest absolute Gasteiger partial charge is 0.481 e. The van der Waals surface area contributed by atoms with Gasteiger partial charge in [0.1, 0.15) is 12.1 Å². The van der Waals surface area contributed by atoms with E-state index in [-0.39, 0.29) is 18.1 Å². The highest BCUT2D eigenvalue weighted by molar-refractivity contribution is 5.94. The quantitative estimate of drug-likeness (QED) is 0.864. The van der Waals surface area contributed by atoms with Gasteiger partial charge < -0.3 is 19.3 Å². The van der Waals surface area contributed by atoms with Crippen molar-refractivity contribution in [1.82, 2.24) is 25.1 Å². The maximum absolute atomic E-state index is 13.0. The lowest BCUT2D eigenvalue weighted by Gasteiger charge is -2.35. The van der Waals surface area contributed by atoms with Crippen molar-refractivity contribution in [3.8, 4) is 5.88 Å². The van der Waals surface area contributed by atoms with Crippen LogP contribution in [0.3, 0.4) is 0 Å². The lowest BCUT2D eigenvalue weighted by Crippen LogP contribution is -2.49. The fourth-order valence-electron chi connectivity index (χ4n) is 3.75. The molecular formula is C18H24N6O3. The second kappa shape index (κ2) is 7.15. The van der Waals surface area contributed by atoms with Crippen molar-refractivity contribution < 1.29 is 14.3 Å². The van der Waals surface area contributed by atoms with E-state index < -0.39 is 0 Å². The van der Waals surface area contributed by atoms with E-state index >= 15 is 0 Å². The van der Waals surface area contributed by atoms with Gasteiger partial charge in [-0.05, 0) is 13.8 Å². The Labute approximate surface area is 157 Å². The number of amides is 1. The molecule has 2 aliphatic rings. The Morgan fingerprint density at radius 1 is 1.26 bits per heavy atom. The molecule has 9 heteroatoms. The molecule has 0 aromatic carbocycles. The number of carbonyl (C=O) groups excluding carboxylic acids is 1. The van der Waals surface area contributed by atoms with Crippen LogP contribution >= 0.6 is 0 Å². The van der Waals surface area contributed by atoms with E-state index in [9.17, 15) is 4.79 Å². The first-order chi connectivity index (χ1) is 13.1. The van der Waals surface area contributed by atoms with Crippen molar-refractivity contribution in [2.75, 3.05) is 38.2 Å². The van der Waals surface area contributed by atoms with Crippen LogP contribution in [-0.2, 0) is 11.2 Å². The second-order valence-electron chi connectivity index (χ2n) is 6.96. The number of fused-ring (bicyclic) bond motifs is 1. The van der Waals surface area contributed by atoms with Gasteiger partial charge in [0.15, 0.2) is 5.69 Å². The molecule has 1 amide bonds. The van der Waals surface area contributed by atoms with Gasteiger partial charge in [0.2, 0.25) is 5.88 Å². The van der Waals surface area contributed by atoms with Gasteiger partial charge in [0.25, 0.3) is 5.91 Å². The number of carbonyl (C=O) groups is 1. The minimum Gasteiger partial charge on any atom is -0.481 e.